The number of aromatic carboxylic acids is 1. The maximum absolute atomic E-state index is 13.1. The lowest BCUT2D eigenvalue weighted by Crippen LogP contribution is -2.00. The molecule has 15 heavy (non-hydrogen) atoms. The minimum atomic E-state index is -1.17. The average molecular weight is 205 g/mol. The van der Waals surface area contributed by atoms with E-state index in [9.17, 15) is 9.18 Å². The highest BCUT2D eigenvalue weighted by atomic mass is 19.1. The number of pyridine rings is 1. The van der Waals surface area contributed by atoms with Crippen molar-refractivity contribution < 1.29 is 14.3 Å². The zero-order valence-corrected chi connectivity index (χ0v) is 7.99. The van der Waals surface area contributed by atoms with Crippen LogP contribution in [0.2, 0.25) is 0 Å². The van der Waals surface area contributed by atoms with Gasteiger partial charge in [0.25, 0.3) is 0 Å². The van der Waals surface area contributed by atoms with Crippen LogP contribution in [-0.2, 0) is 0 Å². The Morgan fingerprint density at radius 3 is 2.80 bits per heavy atom. The fourth-order valence-electron chi connectivity index (χ4n) is 1.46. The van der Waals surface area contributed by atoms with Gasteiger partial charge >= 0.3 is 5.97 Å². The summed E-state index contributed by atoms with van der Waals surface area (Å²) in [7, 11) is 0. The summed E-state index contributed by atoms with van der Waals surface area (Å²) in [6.07, 6.45) is 0. The van der Waals surface area contributed by atoms with E-state index in [1.165, 1.54) is 6.07 Å². The topological polar surface area (TPSA) is 50.2 Å². The van der Waals surface area contributed by atoms with Crippen LogP contribution in [0.1, 0.15) is 16.1 Å². The number of carbonyl (C=O) groups is 1. The molecular formula is C11H8FNO2. The van der Waals surface area contributed by atoms with Crippen molar-refractivity contribution in [2.24, 2.45) is 0 Å². The Balaban J connectivity index is 2.87. The van der Waals surface area contributed by atoms with Gasteiger partial charge in [-0.15, -0.1) is 0 Å². The third kappa shape index (κ3) is 1.66. The number of aromatic nitrogens is 1. The van der Waals surface area contributed by atoms with Crippen LogP contribution in [0, 0.1) is 12.7 Å². The lowest BCUT2D eigenvalue weighted by Gasteiger charge is -2.03. The minimum absolute atomic E-state index is 0.103. The number of carboxylic acid groups (broad SMARTS) is 1. The molecule has 0 saturated carbocycles. The highest BCUT2D eigenvalue weighted by Crippen LogP contribution is 2.19. The SMILES string of the molecule is Cc1ccc2cc(F)cc(C(=O)O)c2n1. The monoisotopic (exact) mass is 205 g/mol. The zero-order valence-electron chi connectivity index (χ0n) is 7.99. The van der Waals surface area contributed by atoms with E-state index in [4.69, 9.17) is 5.11 Å². The van der Waals surface area contributed by atoms with Crippen LogP contribution in [0.5, 0.6) is 0 Å². The van der Waals surface area contributed by atoms with Gasteiger partial charge in [-0.2, -0.15) is 0 Å². The third-order valence-electron chi connectivity index (χ3n) is 2.13. The Hall–Kier alpha value is -1.97. The molecule has 0 fully saturated rings. The van der Waals surface area contributed by atoms with Gasteiger partial charge in [-0.3, -0.25) is 4.98 Å². The number of nitrogens with zero attached hydrogens (tertiary/aromatic N) is 1. The molecule has 1 aromatic heterocycles. The summed E-state index contributed by atoms with van der Waals surface area (Å²) in [5, 5.41) is 9.39. The molecule has 3 nitrogen and oxygen atoms in total. The molecule has 0 amide bonds. The van der Waals surface area contributed by atoms with Gasteiger partial charge in [0, 0.05) is 11.1 Å². The smallest absolute Gasteiger partial charge is 0.338 e. The summed E-state index contributed by atoms with van der Waals surface area (Å²) in [6.45, 7) is 1.76. The van der Waals surface area contributed by atoms with Gasteiger partial charge in [0.15, 0.2) is 0 Å². The molecule has 0 aliphatic carbocycles. The summed E-state index contributed by atoms with van der Waals surface area (Å²) in [5.41, 5.74) is 0.925. The Kier molecular flexibility index (Phi) is 2.11. The van der Waals surface area contributed by atoms with Crippen LogP contribution in [0.3, 0.4) is 0 Å². The van der Waals surface area contributed by atoms with E-state index >= 15 is 0 Å². The predicted molar refractivity (Wildman–Crippen MR) is 53.4 cm³/mol. The van der Waals surface area contributed by atoms with E-state index < -0.39 is 11.8 Å². The normalized spacial score (nSPS) is 10.5. The van der Waals surface area contributed by atoms with Gasteiger partial charge < -0.3 is 5.11 Å². The summed E-state index contributed by atoms with van der Waals surface area (Å²) in [4.78, 5) is 15.0. The molecule has 0 saturated heterocycles. The van der Waals surface area contributed by atoms with Crippen molar-refractivity contribution in [1.29, 1.82) is 0 Å². The standard InChI is InChI=1S/C11H8FNO2/c1-6-2-3-7-4-8(12)5-9(11(14)15)10(7)13-6/h2-5H,1H3,(H,14,15). The van der Waals surface area contributed by atoms with Gasteiger partial charge in [-0.05, 0) is 25.1 Å². The van der Waals surface area contributed by atoms with Crippen molar-refractivity contribution in [2.45, 2.75) is 6.92 Å². The molecule has 4 heteroatoms. The van der Waals surface area contributed by atoms with Gasteiger partial charge in [0.2, 0.25) is 0 Å². The Morgan fingerprint density at radius 2 is 2.13 bits per heavy atom. The summed E-state index contributed by atoms with van der Waals surface area (Å²) < 4.78 is 13.1. The van der Waals surface area contributed by atoms with Crippen LogP contribution < -0.4 is 0 Å². The molecule has 0 spiro atoms. The summed E-state index contributed by atoms with van der Waals surface area (Å²) in [6, 6.07) is 5.63. The first-order valence-electron chi connectivity index (χ1n) is 4.38. The van der Waals surface area contributed by atoms with E-state index in [1.54, 1.807) is 19.1 Å². The number of halogens is 1. The molecular weight excluding hydrogens is 197 g/mol. The van der Waals surface area contributed by atoms with E-state index in [2.05, 4.69) is 4.98 Å². The molecule has 0 unspecified atom stereocenters. The molecule has 76 valence electrons. The molecule has 1 heterocycles. The molecule has 1 N–H and O–H groups in total. The number of rotatable bonds is 1. The van der Waals surface area contributed by atoms with Crippen LogP contribution in [-0.4, -0.2) is 16.1 Å². The Labute approximate surface area is 85.2 Å². The van der Waals surface area contributed by atoms with Crippen molar-refractivity contribution >= 4 is 16.9 Å². The van der Waals surface area contributed by atoms with Crippen molar-refractivity contribution in [3.8, 4) is 0 Å². The van der Waals surface area contributed by atoms with Gasteiger partial charge in [-0.1, -0.05) is 6.07 Å². The lowest BCUT2D eigenvalue weighted by molar-refractivity contribution is 0.0698. The number of aryl methyl sites for hydroxylation is 1. The highest BCUT2D eigenvalue weighted by molar-refractivity contribution is 6.01. The first kappa shape index (κ1) is 9.58. The van der Waals surface area contributed by atoms with Crippen molar-refractivity contribution in [3.63, 3.8) is 0 Å². The number of carboxylic acids is 1. The number of hydrogen-bond donors (Lipinski definition) is 1. The van der Waals surface area contributed by atoms with Gasteiger partial charge in [-0.25, -0.2) is 9.18 Å². The summed E-state index contributed by atoms with van der Waals surface area (Å²) >= 11 is 0. The fraction of sp³-hybridized carbons (Fsp3) is 0.0909. The van der Waals surface area contributed by atoms with Gasteiger partial charge in [0.1, 0.15) is 5.82 Å². The van der Waals surface area contributed by atoms with Crippen LogP contribution in [0.25, 0.3) is 10.9 Å². The lowest BCUT2D eigenvalue weighted by atomic mass is 10.1. The Morgan fingerprint density at radius 1 is 1.40 bits per heavy atom. The van der Waals surface area contributed by atoms with Gasteiger partial charge in [0.05, 0.1) is 11.1 Å². The van der Waals surface area contributed by atoms with E-state index in [-0.39, 0.29) is 5.56 Å². The molecule has 0 atom stereocenters. The molecule has 1 aromatic carbocycles. The molecule has 2 aromatic rings. The predicted octanol–water partition coefficient (Wildman–Crippen LogP) is 2.38. The maximum atomic E-state index is 13.1. The molecule has 0 bridgehead atoms. The third-order valence-corrected chi connectivity index (χ3v) is 2.13. The fourth-order valence-corrected chi connectivity index (χ4v) is 1.46. The van der Waals surface area contributed by atoms with Crippen molar-refractivity contribution in [1.82, 2.24) is 4.98 Å². The Bertz CT molecular complexity index is 552. The molecule has 0 aliphatic heterocycles. The van der Waals surface area contributed by atoms with Crippen LogP contribution in [0.15, 0.2) is 24.3 Å². The minimum Gasteiger partial charge on any atom is -0.478 e. The first-order valence-corrected chi connectivity index (χ1v) is 4.38. The van der Waals surface area contributed by atoms with Crippen LogP contribution in [0.4, 0.5) is 4.39 Å². The largest absolute Gasteiger partial charge is 0.478 e. The summed E-state index contributed by atoms with van der Waals surface area (Å²) in [5.74, 6) is -1.73. The maximum Gasteiger partial charge on any atom is 0.338 e. The van der Waals surface area contributed by atoms with Crippen molar-refractivity contribution in [3.05, 3.63) is 41.3 Å². The number of benzene rings is 1. The molecule has 0 aliphatic rings. The molecule has 2 rings (SSSR count). The first-order chi connectivity index (χ1) is 7.08. The number of hydrogen-bond acceptors (Lipinski definition) is 2. The van der Waals surface area contributed by atoms with Crippen LogP contribution >= 0.6 is 0 Å². The quantitative estimate of drug-likeness (QED) is 0.777. The zero-order chi connectivity index (χ0) is 11.0. The highest BCUT2D eigenvalue weighted by Gasteiger charge is 2.11. The number of fused-ring (bicyclic) bond motifs is 1. The van der Waals surface area contributed by atoms with E-state index in [1.807, 2.05) is 0 Å². The molecule has 0 radical (unpaired) electrons. The second-order valence-corrected chi connectivity index (χ2v) is 3.28. The van der Waals surface area contributed by atoms with Crippen molar-refractivity contribution in [2.75, 3.05) is 0 Å². The second kappa shape index (κ2) is 3.31. The average Bonchev–Trinajstić information content (AvgIpc) is 2.17. The van der Waals surface area contributed by atoms with E-state index in [0.717, 1.165) is 6.07 Å². The second-order valence-electron chi connectivity index (χ2n) is 3.28. The van der Waals surface area contributed by atoms with E-state index in [0.29, 0.717) is 16.6 Å².